The molecule has 0 saturated carbocycles. The van der Waals surface area contributed by atoms with E-state index in [0.717, 1.165) is 24.4 Å². The molecule has 1 aliphatic rings. The molecule has 0 atom stereocenters. The first kappa shape index (κ1) is 7.35. The minimum absolute atomic E-state index is 0.987. The maximum atomic E-state index is 4.17. The molecule has 1 aromatic heterocycles. The smallest absolute Gasteiger partial charge is 0.103 e. The Morgan fingerprint density at radius 1 is 1.50 bits per heavy atom. The number of aromatic amines is 1. The highest BCUT2D eigenvalue weighted by Crippen LogP contribution is 2.21. The third-order valence-electron chi connectivity index (χ3n) is 2.06. The lowest BCUT2D eigenvalue weighted by atomic mass is 10.0. The van der Waals surface area contributed by atoms with Crippen LogP contribution in [0.15, 0.2) is 24.4 Å². The summed E-state index contributed by atoms with van der Waals surface area (Å²) in [6, 6.07) is 0. The van der Waals surface area contributed by atoms with Crippen LogP contribution in [0.1, 0.15) is 24.4 Å². The van der Waals surface area contributed by atoms with Gasteiger partial charge in [0.25, 0.3) is 0 Å². The van der Waals surface area contributed by atoms with E-state index in [1.807, 2.05) is 13.1 Å². The van der Waals surface area contributed by atoms with Crippen LogP contribution in [-0.2, 0) is 0 Å². The van der Waals surface area contributed by atoms with E-state index < -0.39 is 0 Å². The van der Waals surface area contributed by atoms with E-state index in [2.05, 4.69) is 28.2 Å². The maximum absolute atomic E-state index is 4.17. The zero-order chi connectivity index (χ0) is 8.39. The summed E-state index contributed by atoms with van der Waals surface area (Å²) < 4.78 is 0. The lowest BCUT2D eigenvalue weighted by Gasteiger charge is -2.05. The molecule has 1 aromatic rings. The van der Waals surface area contributed by atoms with Crippen molar-refractivity contribution in [1.82, 2.24) is 9.97 Å². The Hall–Kier alpha value is -1.31. The van der Waals surface area contributed by atoms with Gasteiger partial charge in [-0.3, -0.25) is 0 Å². The van der Waals surface area contributed by atoms with Gasteiger partial charge in [-0.1, -0.05) is 18.2 Å². The van der Waals surface area contributed by atoms with Gasteiger partial charge < -0.3 is 4.98 Å². The molecule has 0 spiro atoms. The van der Waals surface area contributed by atoms with Crippen LogP contribution in [0.3, 0.4) is 0 Å². The molecule has 1 N–H and O–H groups in total. The Morgan fingerprint density at radius 2 is 2.42 bits per heavy atom. The number of rotatable bonds is 1. The van der Waals surface area contributed by atoms with Crippen LogP contribution in [0, 0.1) is 6.92 Å². The molecular weight excluding hydrogens is 148 g/mol. The van der Waals surface area contributed by atoms with E-state index in [4.69, 9.17) is 0 Å². The molecule has 2 nitrogen and oxygen atoms in total. The van der Waals surface area contributed by atoms with Crippen LogP contribution in [0.2, 0.25) is 0 Å². The normalized spacial score (nSPS) is 16.2. The van der Waals surface area contributed by atoms with Crippen molar-refractivity contribution < 1.29 is 0 Å². The molecule has 1 aliphatic carbocycles. The fourth-order valence-corrected chi connectivity index (χ4v) is 1.41. The van der Waals surface area contributed by atoms with Gasteiger partial charge in [0.1, 0.15) is 5.82 Å². The molecule has 0 fully saturated rings. The van der Waals surface area contributed by atoms with Crippen molar-refractivity contribution in [3.05, 3.63) is 35.9 Å². The monoisotopic (exact) mass is 160 g/mol. The van der Waals surface area contributed by atoms with Crippen molar-refractivity contribution in [2.24, 2.45) is 0 Å². The molecule has 2 rings (SSSR count). The molecule has 0 aliphatic heterocycles. The second-order valence-corrected chi connectivity index (χ2v) is 3.04. The number of nitrogens with one attached hydrogen (secondary N) is 1. The first-order chi connectivity index (χ1) is 5.86. The van der Waals surface area contributed by atoms with Gasteiger partial charge in [0.2, 0.25) is 0 Å². The predicted molar refractivity (Wildman–Crippen MR) is 49.7 cm³/mol. The minimum atomic E-state index is 0.987. The van der Waals surface area contributed by atoms with Crippen LogP contribution < -0.4 is 0 Å². The summed E-state index contributed by atoms with van der Waals surface area (Å²) in [6.45, 7) is 1.97. The van der Waals surface area contributed by atoms with Crippen molar-refractivity contribution >= 4 is 5.57 Å². The summed E-state index contributed by atoms with van der Waals surface area (Å²) in [5, 5.41) is 0. The van der Waals surface area contributed by atoms with Crippen LogP contribution in [0.4, 0.5) is 0 Å². The van der Waals surface area contributed by atoms with Gasteiger partial charge in [0.05, 0.1) is 11.9 Å². The molecule has 0 bridgehead atoms. The molecule has 12 heavy (non-hydrogen) atoms. The summed E-state index contributed by atoms with van der Waals surface area (Å²) in [4.78, 5) is 7.40. The molecule has 0 saturated heterocycles. The van der Waals surface area contributed by atoms with Gasteiger partial charge in [-0.25, -0.2) is 4.98 Å². The second-order valence-electron chi connectivity index (χ2n) is 3.04. The van der Waals surface area contributed by atoms with E-state index in [0.29, 0.717) is 0 Å². The Balaban J connectivity index is 2.30. The van der Waals surface area contributed by atoms with Gasteiger partial charge in [0, 0.05) is 0 Å². The highest BCUT2D eigenvalue weighted by molar-refractivity contribution is 5.65. The molecule has 1 heterocycles. The second kappa shape index (κ2) is 2.97. The highest BCUT2D eigenvalue weighted by Gasteiger charge is 2.04. The van der Waals surface area contributed by atoms with Crippen LogP contribution >= 0.6 is 0 Å². The summed E-state index contributed by atoms with van der Waals surface area (Å²) in [6.07, 6.45) is 10.6. The van der Waals surface area contributed by atoms with Crippen molar-refractivity contribution in [2.75, 3.05) is 0 Å². The number of H-pyrrole nitrogens is 1. The summed E-state index contributed by atoms with van der Waals surface area (Å²) in [5.74, 6) is 0.987. The van der Waals surface area contributed by atoms with E-state index in [-0.39, 0.29) is 0 Å². The van der Waals surface area contributed by atoms with Gasteiger partial charge in [-0.05, 0) is 25.3 Å². The first-order valence-corrected chi connectivity index (χ1v) is 4.24. The Morgan fingerprint density at radius 3 is 3.00 bits per heavy atom. The zero-order valence-corrected chi connectivity index (χ0v) is 7.17. The van der Waals surface area contributed by atoms with Gasteiger partial charge in [0.15, 0.2) is 0 Å². The van der Waals surface area contributed by atoms with E-state index >= 15 is 0 Å². The van der Waals surface area contributed by atoms with Crippen molar-refractivity contribution in [3.8, 4) is 0 Å². The van der Waals surface area contributed by atoms with E-state index in [1.165, 1.54) is 5.57 Å². The molecule has 0 unspecified atom stereocenters. The number of aryl methyl sites for hydroxylation is 1. The number of allylic oxidation sites excluding steroid dienone is 4. The third-order valence-corrected chi connectivity index (χ3v) is 2.06. The third kappa shape index (κ3) is 1.33. The topological polar surface area (TPSA) is 28.7 Å². The summed E-state index contributed by atoms with van der Waals surface area (Å²) >= 11 is 0. The standard InChI is InChI=1S/C10H12N2/c1-8-11-7-10(12-8)9-5-3-2-4-6-9/h2-3,5,7H,4,6H2,1H3,(H,11,12). The number of aromatic nitrogens is 2. The quantitative estimate of drug-likeness (QED) is 0.671. The maximum Gasteiger partial charge on any atom is 0.103 e. The van der Waals surface area contributed by atoms with Gasteiger partial charge >= 0.3 is 0 Å². The molecule has 0 aromatic carbocycles. The fraction of sp³-hybridized carbons (Fsp3) is 0.300. The van der Waals surface area contributed by atoms with E-state index in [9.17, 15) is 0 Å². The minimum Gasteiger partial charge on any atom is -0.343 e. The average Bonchev–Trinajstić information content (AvgIpc) is 2.54. The largest absolute Gasteiger partial charge is 0.343 e. The van der Waals surface area contributed by atoms with Gasteiger partial charge in [-0.15, -0.1) is 0 Å². The lowest BCUT2D eigenvalue weighted by molar-refractivity contribution is 1.04. The Labute approximate surface area is 72.0 Å². The summed E-state index contributed by atoms with van der Waals surface area (Å²) in [5.41, 5.74) is 2.52. The van der Waals surface area contributed by atoms with Crippen LogP contribution in [0.25, 0.3) is 5.57 Å². The lowest BCUT2D eigenvalue weighted by Crippen LogP contribution is -1.87. The zero-order valence-electron chi connectivity index (χ0n) is 7.17. The Kier molecular flexibility index (Phi) is 1.82. The summed E-state index contributed by atoms with van der Waals surface area (Å²) in [7, 11) is 0. The SMILES string of the molecule is Cc1ncc(C2=CC=CCC2)[nH]1. The fourth-order valence-electron chi connectivity index (χ4n) is 1.41. The molecule has 0 amide bonds. The van der Waals surface area contributed by atoms with E-state index in [1.54, 1.807) is 0 Å². The predicted octanol–water partition coefficient (Wildman–Crippen LogP) is 2.45. The molecular formula is C10H12N2. The highest BCUT2D eigenvalue weighted by atomic mass is 14.9. The van der Waals surface area contributed by atoms with Gasteiger partial charge in [-0.2, -0.15) is 0 Å². The van der Waals surface area contributed by atoms with Crippen molar-refractivity contribution in [2.45, 2.75) is 19.8 Å². The number of hydrogen-bond donors (Lipinski definition) is 1. The average molecular weight is 160 g/mol. The first-order valence-electron chi connectivity index (χ1n) is 4.24. The molecule has 62 valence electrons. The number of imidazole rings is 1. The number of nitrogens with zero attached hydrogens (tertiary/aromatic N) is 1. The number of hydrogen-bond acceptors (Lipinski definition) is 1. The van der Waals surface area contributed by atoms with Crippen LogP contribution in [0.5, 0.6) is 0 Å². The van der Waals surface area contributed by atoms with Crippen LogP contribution in [-0.4, -0.2) is 9.97 Å². The van der Waals surface area contributed by atoms with Crippen molar-refractivity contribution in [1.29, 1.82) is 0 Å². The van der Waals surface area contributed by atoms with Crippen molar-refractivity contribution in [3.63, 3.8) is 0 Å². The molecule has 2 heteroatoms. The molecule has 0 radical (unpaired) electrons. The Bertz CT molecular complexity index is 331.